The van der Waals surface area contributed by atoms with Crippen LogP contribution < -0.4 is 20.1 Å². The first kappa shape index (κ1) is 17.3. The number of hydrogen-bond acceptors (Lipinski definition) is 4. The van der Waals surface area contributed by atoms with Crippen LogP contribution >= 0.6 is 0 Å². The van der Waals surface area contributed by atoms with Crippen LogP contribution in [0, 0.1) is 6.92 Å². The molecule has 0 radical (unpaired) electrons. The zero-order chi connectivity index (χ0) is 17.7. The molecule has 0 saturated heterocycles. The number of nitrogens with one attached hydrogen (secondary N) is 2. The molecular formula is C18H20N2O4. The predicted octanol–water partition coefficient (Wildman–Crippen LogP) is 3.22. The van der Waals surface area contributed by atoms with Gasteiger partial charge in [0.05, 0.1) is 19.9 Å². The first-order valence-corrected chi connectivity index (χ1v) is 7.37. The van der Waals surface area contributed by atoms with Crippen LogP contribution in [0.25, 0.3) is 0 Å². The quantitative estimate of drug-likeness (QED) is 0.883. The summed E-state index contributed by atoms with van der Waals surface area (Å²) in [7, 11) is 3.11. The van der Waals surface area contributed by atoms with E-state index in [1.54, 1.807) is 43.5 Å². The van der Waals surface area contributed by atoms with E-state index in [1.165, 1.54) is 14.0 Å². The van der Waals surface area contributed by atoms with Crippen molar-refractivity contribution in [2.45, 2.75) is 13.8 Å². The molecule has 0 spiro atoms. The molecule has 0 saturated carbocycles. The van der Waals surface area contributed by atoms with Gasteiger partial charge in [-0.1, -0.05) is 6.07 Å². The van der Waals surface area contributed by atoms with Crippen molar-refractivity contribution in [1.29, 1.82) is 0 Å². The van der Waals surface area contributed by atoms with Gasteiger partial charge in [0, 0.05) is 23.7 Å². The normalized spacial score (nSPS) is 10.0. The lowest BCUT2D eigenvalue weighted by Crippen LogP contribution is -2.14. The standard InChI is InChI=1S/C18H20N2O4/c1-11-16(23-3)9-8-15(17(11)24-4)20-18(22)13-6-5-7-14(10-13)19-12(2)21/h5-10H,1-4H3,(H,19,21)(H,20,22). The molecule has 0 aliphatic heterocycles. The van der Waals surface area contributed by atoms with Crippen LogP contribution in [0.1, 0.15) is 22.8 Å². The Bertz CT molecular complexity index is 772. The molecule has 0 atom stereocenters. The highest BCUT2D eigenvalue weighted by molar-refractivity contribution is 6.06. The number of benzene rings is 2. The smallest absolute Gasteiger partial charge is 0.255 e. The van der Waals surface area contributed by atoms with E-state index in [0.717, 1.165) is 5.56 Å². The molecule has 0 aromatic heterocycles. The minimum atomic E-state index is -0.301. The van der Waals surface area contributed by atoms with Crippen LogP contribution in [0.2, 0.25) is 0 Å². The van der Waals surface area contributed by atoms with Crippen molar-refractivity contribution in [1.82, 2.24) is 0 Å². The molecule has 2 N–H and O–H groups in total. The van der Waals surface area contributed by atoms with Crippen molar-refractivity contribution in [2.75, 3.05) is 24.9 Å². The summed E-state index contributed by atoms with van der Waals surface area (Å²) < 4.78 is 10.6. The van der Waals surface area contributed by atoms with Gasteiger partial charge in [-0.05, 0) is 37.3 Å². The van der Waals surface area contributed by atoms with Gasteiger partial charge < -0.3 is 20.1 Å². The van der Waals surface area contributed by atoms with Crippen LogP contribution in [0.3, 0.4) is 0 Å². The van der Waals surface area contributed by atoms with Crippen LogP contribution in [0.4, 0.5) is 11.4 Å². The first-order chi connectivity index (χ1) is 11.5. The van der Waals surface area contributed by atoms with Crippen LogP contribution in [0.15, 0.2) is 36.4 Å². The van der Waals surface area contributed by atoms with Gasteiger partial charge in [0.2, 0.25) is 5.91 Å². The molecule has 2 aromatic rings. The number of anilines is 2. The van der Waals surface area contributed by atoms with Gasteiger partial charge in [-0.15, -0.1) is 0 Å². The Kier molecular flexibility index (Phi) is 5.42. The maximum absolute atomic E-state index is 12.5. The summed E-state index contributed by atoms with van der Waals surface area (Å²) in [6.45, 7) is 3.27. The van der Waals surface area contributed by atoms with E-state index in [0.29, 0.717) is 28.4 Å². The topological polar surface area (TPSA) is 76.7 Å². The molecule has 126 valence electrons. The van der Waals surface area contributed by atoms with Crippen molar-refractivity contribution < 1.29 is 19.1 Å². The second kappa shape index (κ2) is 7.50. The van der Waals surface area contributed by atoms with E-state index in [2.05, 4.69) is 10.6 Å². The Balaban J connectivity index is 2.27. The van der Waals surface area contributed by atoms with Crippen molar-refractivity contribution >= 4 is 23.2 Å². The van der Waals surface area contributed by atoms with Crippen molar-refractivity contribution in [3.8, 4) is 11.5 Å². The van der Waals surface area contributed by atoms with Gasteiger partial charge in [0.15, 0.2) is 0 Å². The zero-order valence-electron chi connectivity index (χ0n) is 14.1. The maximum atomic E-state index is 12.5. The largest absolute Gasteiger partial charge is 0.496 e. The average Bonchev–Trinajstić information content (AvgIpc) is 2.55. The highest BCUT2D eigenvalue weighted by Gasteiger charge is 2.14. The first-order valence-electron chi connectivity index (χ1n) is 7.37. The fourth-order valence-electron chi connectivity index (χ4n) is 2.39. The third-order valence-electron chi connectivity index (χ3n) is 3.47. The Morgan fingerprint density at radius 3 is 2.38 bits per heavy atom. The predicted molar refractivity (Wildman–Crippen MR) is 93.0 cm³/mol. The summed E-state index contributed by atoms with van der Waals surface area (Å²) in [5, 5.41) is 5.47. The summed E-state index contributed by atoms with van der Waals surface area (Å²) in [6, 6.07) is 10.2. The monoisotopic (exact) mass is 328 g/mol. The van der Waals surface area contributed by atoms with E-state index in [1.807, 2.05) is 6.92 Å². The summed E-state index contributed by atoms with van der Waals surface area (Å²) in [6.07, 6.45) is 0. The second-order valence-corrected chi connectivity index (χ2v) is 5.19. The Morgan fingerprint density at radius 2 is 1.75 bits per heavy atom. The molecule has 24 heavy (non-hydrogen) atoms. The number of carbonyl (C=O) groups excluding carboxylic acids is 2. The highest BCUT2D eigenvalue weighted by Crippen LogP contribution is 2.35. The van der Waals surface area contributed by atoms with E-state index in [4.69, 9.17) is 9.47 Å². The molecule has 2 rings (SSSR count). The lowest BCUT2D eigenvalue weighted by molar-refractivity contribution is -0.114. The van der Waals surface area contributed by atoms with Crippen molar-refractivity contribution in [2.24, 2.45) is 0 Å². The number of hydrogen-bond donors (Lipinski definition) is 2. The third kappa shape index (κ3) is 3.84. The molecular weight excluding hydrogens is 308 g/mol. The van der Waals surface area contributed by atoms with E-state index < -0.39 is 0 Å². The molecule has 0 bridgehead atoms. The molecule has 0 unspecified atom stereocenters. The minimum absolute atomic E-state index is 0.194. The summed E-state index contributed by atoms with van der Waals surface area (Å²) in [5.74, 6) is 0.725. The Labute approximate surface area is 140 Å². The van der Waals surface area contributed by atoms with Gasteiger partial charge in [-0.2, -0.15) is 0 Å². The maximum Gasteiger partial charge on any atom is 0.255 e. The number of ether oxygens (including phenoxy) is 2. The number of amides is 2. The molecule has 0 aliphatic rings. The third-order valence-corrected chi connectivity index (χ3v) is 3.47. The lowest BCUT2D eigenvalue weighted by Gasteiger charge is -2.15. The number of carbonyl (C=O) groups is 2. The van der Waals surface area contributed by atoms with Gasteiger partial charge in [-0.25, -0.2) is 0 Å². The van der Waals surface area contributed by atoms with Gasteiger partial charge in [0.25, 0.3) is 5.91 Å². The molecule has 0 aliphatic carbocycles. The molecule has 6 nitrogen and oxygen atoms in total. The molecule has 2 aromatic carbocycles. The zero-order valence-corrected chi connectivity index (χ0v) is 14.1. The number of rotatable bonds is 5. The fraction of sp³-hybridized carbons (Fsp3) is 0.222. The van der Waals surface area contributed by atoms with Crippen molar-refractivity contribution in [3.63, 3.8) is 0 Å². The fourth-order valence-corrected chi connectivity index (χ4v) is 2.39. The van der Waals surface area contributed by atoms with Crippen LogP contribution in [0.5, 0.6) is 11.5 Å². The average molecular weight is 328 g/mol. The Morgan fingerprint density at radius 1 is 1.00 bits per heavy atom. The van der Waals surface area contributed by atoms with E-state index in [-0.39, 0.29) is 11.8 Å². The van der Waals surface area contributed by atoms with Crippen molar-refractivity contribution in [3.05, 3.63) is 47.5 Å². The highest BCUT2D eigenvalue weighted by atomic mass is 16.5. The summed E-state index contributed by atoms with van der Waals surface area (Å²) in [5.41, 5.74) is 2.33. The SMILES string of the molecule is COc1ccc(NC(=O)c2cccc(NC(C)=O)c2)c(OC)c1C. The Hall–Kier alpha value is -3.02. The molecule has 6 heteroatoms. The molecule has 0 fully saturated rings. The molecule has 2 amide bonds. The van der Waals surface area contributed by atoms with Crippen LogP contribution in [-0.4, -0.2) is 26.0 Å². The number of methoxy groups -OCH3 is 2. The van der Waals surface area contributed by atoms with Crippen LogP contribution in [-0.2, 0) is 4.79 Å². The summed E-state index contributed by atoms with van der Waals surface area (Å²) >= 11 is 0. The minimum Gasteiger partial charge on any atom is -0.496 e. The van der Waals surface area contributed by atoms with Gasteiger partial charge in [0.1, 0.15) is 11.5 Å². The second-order valence-electron chi connectivity index (χ2n) is 5.19. The van der Waals surface area contributed by atoms with Gasteiger partial charge in [-0.3, -0.25) is 9.59 Å². The van der Waals surface area contributed by atoms with E-state index >= 15 is 0 Å². The van der Waals surface area contributed by atoms with E-state index in [9.17, 15) is 9.59 Å². The lowest BCUT2D eigenvalue weighted by atomic mass is 10.1. The summed E-state index contributed by atoms with van der Waals surface area (Å²) in [4.78, 5) is 23.6. The van der Waals surface area contributed by atoms with Gasteiger partial charge >= 0.3 is 0 Å². The molecule has 0 heterocycles.